The second-order valence-corrected chi connectivity index (χ2v) is 19.5. The van der Waals surface area contributed by atoms with Crippen LogP contribution in [0, 0.1) is 0 Å². The second-order valence-electron chi connectivity index (χ2n) is 19.5. The highest BCUT2D eigenvalue weighted by Crippen LogP contribution is 2.51. The highest BCUT2D eigenvalue weighted by atomic mass is 16.5. The van der Waals surface area contributed by atoms with Gasteiger partial charge in [-0.3, -0.25) is 9.59 Å². The second kappa shape index (κ2) is 28.0. The van der Waals surface area contributed by atoms with E-state index in [-0.39, 0.29) is 24.4 Å². The molecule has 8 aromatic rings. The first-order valence-corrected chi connectivity index (χ1v) is 27.2. The van der Waals surface area contributed by atoms with Gasteiger partial charge in [-0.25, -0.2) is 0 Å². The van der Waals surface area contributed by atoms with Crippen LogP contribution in [0.4, 0.5) is 0 Å². The number of carbonyl (C=O) groups excluding carboxylic acids is 2. The van der Waals surface area contributed by atoms with E-state index in [1.807, 2.05) is 158 Å². The Morgan fingerprint density at radius 2 is 0.662 bits per heavy atom. The summed E-state index contributed by atoms with van der Waals surface area (Å²) in [5.74, 6) is 4.21. The highest BCUT2D eigenvalue weighted by molar-refractivity contribution is 5.90. The maximum atomic E-state index is 13.8. The number of allylic oxidation sites excluding steroid dienone is 4. The number of ketones is 2. The molecule has 80 heavy (non-hydrogen) atoms. The lowest BCUT2D eigenvalue weighted by atomic mass is 9.94. The number of rotatable bonds is 16. The molecular weight excluding hydrogens is 1000 g/mol. The number of fused-ring (bicyclic) bond motifs is 10. The normalized spacial score (nSPS) is 13.8. The van der Waals surface area contributed by atoms with Crippen LogP contribution in [0.3, 0.4) is 0 Å². The summed E-state index contributed by atoms with van der Waals surface area (Å²) in [6, 6.07) is 56.2. The third-order valence-corrected chi connectivity index (χ3v) is 14.0. The zero-order chi connectivity index (χ0) is 55.5. The third-order valence-electron chi connectivity index (χ3n) is 14.0. The number of hydrogen-bond acceptors (Lipinski definition) is 10. The molecule has 8 bridgehead atoms. The number of benzene rings is 8. The van der Waals surface area contributed by atoms with Gasteiger partial charge in [-0.1, -0.05) is 146 Å². The molecule has 0 N–H and O–H groups in total. The van der Waals surface area contributed by atoms with Gasteiger partial charge in [-0.15, -0.1) is 0 Å². The Hall–Kier alpha value is -9.02. The van der Waals surface area contributed by atoms with Crippen molar-refractivity contribution in [2.75, 3.05) is 28.4 Å². The molecule has 0 spiro atoms. The van der Waals surface area contributed by atoms with Crippen LogP contribution in [0.25, 0.3) is 22.3 Å². The maximum absolute atomic E-state index is 13.8. The van der Waals surface area contributed by atoms with Gasteiger partial charge in [-0.2, -0.15) is 0 Å². The molecular formula is C70H68O10. The molecule has 9 rings (SSSR count). The van der Waals surface area contributed by atoms with E-state index >= 15 is 0 Å². The van der Waals surface area contributed by atoms with E-state index in [9.17, 15) is 9.59 Å². The van der Waals surface area contributed by atoms with Gasteiger partial charge in [0.05, 0.1) is 28.4 Å². The van der Waals surface area contributed by atoms with E-state index in [1.54, 1.807) is 40.6 Å². The van der Waals surface area contributed by atoms with Gasteiger partial charge in [0.15, 0.2) is 34.6 Å². The topological polar surface area (TPSA) is 108 Å². The van der Waals surface area contributed by atoms with E-state index in [0.29, 0.717) is 111 Å². The van der Waals surface area contributed by atoms with Gasteiger partial charge in [0, 0.05) is 35.1 Å². The fraction of sp³-hybridized carbons (Fsp3) is 0.229. The Bertz CT molecular complexity index is 3180. The van der Waals surface area contributed by atoms with Crippen molar-refractivity contribution in [3.63, 3.8) is 0 Å². The predicted molar refractivity (Wildman–Crippen MR) is 315 cm³/mol. The molecule has 0 radical (unpaired) electrons. The molecule has 0 saturated carbocycles. The lowest BCUT2D eigenvalue weighted by molar-refractivity contribution is -0.115. The third kappa shape index (κ3) is 14.4. The van der Waals surface area contributed by atoms with Crippen LogP contribution < -0.4 is 37.9 Å². The summed E-state index contributed by atoms with van der Waals surface area (Å²) >= 11 is 0. The molecule has 8 aromatic carbocycles. The van der Waals surface area contributed by atoms with Gasteiger partial charge in [0.2, 0.25) is 11.5 Å². The van der Waals surface area contributed by atoms with Crippen LogP contribution in [0.5, 0.6) is 46.0 Å². The van der Waals surface area contributed by atoms with Crippen molar-refractivity contribution in [1.82, 2.24) is 0 Å². The van der Waals surface area contributed by atoms with Gasteiger partial charge >= 0.3 is 0 Å². The van der Waals surface area contributed by atoms with Crippen LogP contribution in [-0.4, -0.2) is 40.0 Å². The SMILES string of the molecule is COc1c2cc(c(OCc3ccccc3)c1OC)CC/C=C/C(=O)CCc1ccc(OCc3ccccc3)c(c1)-c1cc(c(OCc3ccccc3)c(OC)c1OC)CC/C=C/C(=O)CCc1ccc(OCc3ccccc3)c-2c1. The Kier molecular flexibility index (Phi) is 19.5. The summed E-state index contributed by atoms with van der Waals surface area (Å²) in [6.07, 6.45) is 10.8. The van der Waals surface area contributed by atoms with Crippen molar-refractivity contribution in [2.24, 2.45) is 0 Å². The molecule has 0 fully saturated rings. The first-order chi connectivity index (χ1) is 39.3. The molecule has 0 atom stereocenters. The molecule has 0 aliphatic heterocycles. The Morgan fingerprint density at radius 3 is 1.00 bits per heavy atom. The monoisotopic (exact) mass is 1070 g/mol. The van der Waals surface area contributed by atoms with E-state index in [0.717, 1.165) is 66.8 Å². The predicted octanol–water partition coefficient (Wildman–Crippen LogP) is 15.1. The smallest absolute Gasteiger partial charge is 0.204 e. The first kappa shape index (κ1) is 55.7. The molecule has 10 nitrogen and oxygen atoms in total. The Balaban J connectivity index is 1.11. The van der Waals surface area contributed by atoms with Gasteiger partial charge < -0.3 is 37.9 Å². The summed E-state index contributed by atoms with van der Waals surface area (Å²) in [4.78, 5) is 27.7. The van der Waals surface area contributed by atoms with Crippen molar-refractivity contribution in [2.45, 2.75) is 77.8 Å². The average Bonchev–Trinajstić information content (AvgIpc) is 3.52. The largest absolute Gasteiger partial charge is 0.492 e. The first-order valence-electron chi connectivity index (χ1n) is 27.2. The quantitative estimate of drug-likeness (QED) is 0.0928. The average molecular weight is 1070 g/mol. The van der Waals surface area contributed by atoms with Crippen molar-refractivity contribution < 1.29 is 47.5 Å². The van der Waals surface area contributed by atoms with E-state index in [4.69, 9.17) is 37.9 Å². The minimum absolute atomic E-state index is 0.00374. The zero-order valence-electron chi connectivity index (χ0n) is 46.0. The lowest BCUT2D eigenvalue weighted by Crippen LogP contribution is -2.06. The molecule has 10 heteroatoms. The molecule has 0 heterocycles. The number of methoxy groups -OCH3 is 4. The molecule has 1 aliphatic carbocycles. The van der Waals surface area contributed by atoms with Crippen molar-refractivity contribution in [1.29, 1.82) is 0 Å². The maximum Gasteiger partial charge on any atom is 0.204 e. The van der Waals surface area contributed by atoms with Gasteiger partial charge in [0.1, 0.15) is 37.9 Å². The van der Waals surface area contributed by atoms with Crippen molar-refractivity contribution in [3.05, 3.63) is 239 Å². The summed E-state index contributed by atoms with van der Waals surface area (Å²) in [6.45, 7) is 1.26. The van der Waals surface area contributed by atoms with E-state index in [1.165, 1.54) is 0 Å². The van der Waals surface area contributed by atoms with E-state index < -0.39 is 0 Å². The van der Waals surface area contributed by atoms with Crippen LogP contribution in [0.2, 0.25) is 0 Å². The van der Waals surface area contributed by atoms with Crippen LogP contribution in [0.15, 0.2) is 194 Å². The minimum atomic E-state index is -0.00374. The highest BCUT2D eigenvalue weighted by Gasteiger charge is 2.27. The number of hydrogen-bond donors (Lipinski definition) is 0. The minimum Gasteiger partial charge on any atom is -0.492 e. The number of ether oxygens (including phenoxy) is 8. The van der Waals surface area contributed by atoms with Crippen molar-refractivity contribution >= 4 is 11.6 Å². The molecule has 0 unspecified atom stereocenters. The Labute approximate surface area is 470 Å². The van der Waals surface area contributed by atoms with Crippen LogP contribution >= 0.6 is 0 Å². The van der Waals surface area contributed by atoms with Crippen LogP contribution in [0.1, 0.15) is 70.2 Å². The molecule has 1 aliphatic rings. The zero-order valence-corrected chi connectivity index (χ0v) is 46.0. The summed E-state index contributed by atoms with van der Waals surface area (Å²) < 4.78 is 51.4. The molecule has 0 aromatic heterocycles. The number of carbonyl (C=O) groups is 2. The fourth-order valence-electron chi connectivity index (χ4n) is 9.89. The molecule has 0 amide bonds. The van der Waals surface area contributed by atoms with Crippen LogP contribution in [-0.2, 0) is 61.7 Å². The standard InChI is InChI=1S/C70H68O10/c1-73-67-61-43-55(65(69(67)75-3)79-47-53-25-13-7-14-26-53)29-17-19-31-58(72)38-34-50-36-40-64(78-46-52-23-11-6-12-24-52)60(42-50)62-44-56(66(70(76-4)68(62)74-2)80-48-54-27-15-8-16-28-54)30-18-20-32-57(71)37-33-49-35-39-63(59(61)41-49)77-45-51-21-9-5-10-22-51/h5-16,19-28,31-32,35-36,39-44H,17-18,29-30,33-34,37-38,45-48H2,1-4H3/b31-19+,32-20+. The van der Waals surface area contributed by atoms with Gasteiger partial charge in [0.25, 0.3) is 0 Å². The van der Waals surface area contributed by atoms with Crippen molar-refractivity contribution in [3.8, 4) is 68.2 Å². The molecule has 0 saturated heterocycles. The van der Waals surface area contributed by atoms with E-state index in [2.05, 4.69) is 24.3 Å². The lowest BCUT2D eigenvalue weighted by Gasteiger charge is -2.22. The summed E-state index contributed by atoms with van der Waals surface area (Å²) in [7, 11) is 6.47. The van der Waals surface area contributed by atoms with Gasteiger partial charge in [-0.05, 0) is 132 Å². The summed E-state index contributed by atoms with van der Waals surface area (Å²) in [5, 5.41) is 0. The number of aryl methyl sites for hydroxylation is 4. The molecule has 408 valence electrons. The summed E-state index contributed by atoms with van der Waals surface area (Å²) in [5.41, 5.74) is 10.7. The Morgan fingerprint density at radius 1 is 0.325 bits per heavy atom. The fourth-order valence-corrected chi connectivity index (χ4v) is 9.89.